The van der Waals surface area contributed by atoms with Gasteiger partial charge >= 0.3 is 11.9 Å². The number of carbonyl (C=O) groups excluding carboxylic acids is 2. The lowest BCUT2D eigenvalue weighted by Gasteiger charge is -2.44. The minimum Gasteiger partial charge on any atom is -0.471 e. The number of esters is 2. The first-order valence-electron chi connectivity index (χ1n) is 9.81. The molecule has 5 N–H and O–H groups in total. The van der Waals surface area contributed by atoms with Crippen LogP contribution in [0.15, 0.2) is 11.8 Å². The Bertz CT molecular complexity index is 723. The number of carbonyl (C=O) groups is 2. The molecule has 0 aromatic heterocycles. The van der Waals surface area contributed by atoms with Crippen molar-refractivity contribution < 1.29 is 58.8 Å². The van der Waals surface area contributed by atoms with E-state index in [4.69, 9.17) is 23.7 Å². The lowest BCUT2D eigenvalue weighted by molar-refractivity contribution is -0.346. The van der Waals surface area contributed by atoms with Crippen LogP contribution in [0.3, 0.4) is 0 Å². The Labute approximate surface area is 177 Å². The van der Waals surface area contributed by atoms with E-state index in [1.807, 2.05) is 0 Å². The van der Waals surface area contributed by atoms with Crippen LogP contribution in [0.4, 0.5) is 0 Å². The van der Waals surface area contributed by atoms with Crippen molar-refractivity contribution >= 4 is 11.9 Å². The standard InChI is InChI=1S/C19H28O12/c1-7(21)31-19(2)4-9(22)11-8(16(26)27-3)6-28-17(12(11)19)30-18-15(25)14(24)13(23)10(5-20)29-18/h6,9-15,17-18,20,22-25H,4-5H2,1-3H3/t9-,10-,11-,12-,13-,14+,15-,17-,18+,19+/m0/s1. The Morgan fingerprint density at radius 1 is 1.16 bits per heavy atom. The Hall–Kier alpha value is -1.80. The molecule has 0 aromatic carbocycles. The molecule has 2 aliphatic heterocycles. The lowest BCUT2D eigenvalue weighted by atomic mass is 9.80. The second-order valence-electron chi connectivity index (χ2n) is 8.13. The van der Waals surface area contributed by atoms with Gasteiger partial charge in [-0.15, -0.1) is 0 Å². The molecule has 1 aliphatic carbocycles. The molecule has 2 fully saturated rings. The van der Waals surface area contributed by atoms with Crippen LogP contribution in [-0.2, 0) is 33.3 Å². The highest BCUT2D eigenvalue weighted by Crippen LogP contribution is 2.51. The summed E-state index contributed by atoms with van der Waals surface area (Å²) in [4.78, 5) is 23.9. The van der Waals surface area contributed by atoms with Crippen molar-refractivity contribution in [1.82, 2.24) is 0 Å². The maximum atomic E-state index is 12.2. The van der Waals surface area contributed by atoms with E-state index < -0.39 is 79.1 Å². The molecule has 0 spiro atoms. The largest absolute Gasteiger partial charge is 0.471 e. The topological polar surface area (TPSA) is 181 Å². The number of aliphatic hydroxyl groups excluding tert-OH is 5. The van der Waals surface area contributed by atoms with Crippen LogP contribution in [-0.4, -0.2) is 99.9 Å². The zero-order valence-electron chi connectivity index (χ0n) is 17.3. The number of aliphatic hydroxyl groups is 5. The van der Waals surface area contributed by atoms with Crippen molar-refractivity contribution in [1.29, 1.82) is 0 Å². The van der Waals surface area contributed by atoms with Crippen molar-refractivity contribution in [2.45, 2.75) is 69.0 Å². The molecule has 0 bridgehead atoms. The van der Waals surface area contributed by atoms with E-state index >= 15 is 0 Å². The summed E-state index contributed by atoms with van der Waals surface area (Å²) in [5, 5.41) is 50.3. The van der Waals surface area contributed by atoms with E-state index in [-0.39, 0.29) is 12.0 Å². The summed E-state index contributed by atoms with van der Waals surface area (Å²) in [6.07, 6.45) is -9.07. The Balaban J connectivity index is 1.93. The smallest absolute Gasteiger partial charge is 0.337 e. The Morgan fingerprint density at radius 2 is 1.84 bits per heavy atom. The zero-order chi connectivity index (χ0) is 23.1. The van der Waals surface area contributed by atoms with Crippen molar-refractivity contribution in [3.63, 3.8) is 0 Å². The molecule has 0 amide bonds. The fraction of sp³-hybridized carbons (Fsp3) is 0.789. The monoisotopic (exact) mass is 448 g/mol. The molecule has 0 radical (unpaired) electrons. The fourth-order valence-corrected chi connectivity index (χ4v) is 4.63. The fourth-order valence-electron chi connectivity index (χ4n) is 4.63. The van der Waals surface area contributed by atoms with Gasteiger partial charge in [0.25, 0.3) is 0 Å². The van der Waals surface area contributed by atoms with Crippen molar-refractivity contribution in [2.24, 2.45) is 11.8 Å². The van der Waals surface area contributed by atoms with E-state index in [2.05, 4.69) is 0 Å². The summed E-state index contributed by atoms with van der Waals surface area (Å²) in [5.74, 6) is -3.18. The van der Waals surface area contributed by atoms with Gasteiger partial charge in [-0.2, -0.15) is 0 Å². The molecule has 12 heteroatoms. The molecule has 1 saturated heterocycles. The van der Waals surface area contributed by atoms with Crippen LogP contribution < -0.4 is 0 Å². The SMILES string of the molecule is COC(=O)C1=CO[C@@H](O[C@H]2O[C@@H](CO)[C@H](O)[C@@H](O)[C@@H]2O)[C@@H]2[C@@H]1[C@@H](O)C[C@@]2(C)OC(C)=O. The maximum Gasteiger partial charge on any atom is 0.337 e. The summed E-state index contributed by atoms with van der Waals surface area (Å²) >= 11 is 0. The number of methoxy groups -OCH3 is 1. The molecule has 0 aromatic rings. The first-order chi connectivity index (χ1) is 14.5. The van der Waals surface area contributed by atoms with E-state index in [0.717, 1.165) is 6.26 Å². The number of hydrogen-bond donors (Lipinski definition) is 5. The highest BCUT2D eigenvalue weighted by Gasteiger charge is 2.61. The van der Waals surface area contributed by atoms with E-state index in [1.54, 1.807) is 6.92 Å². The Morgan fingerprint density at radius 3 is 2.42 bits per heavy atom. The van der Waals surface area contributed by atoms with Crippen LogP contribution >= 0.6 is 0 Å². The van der Waals surface area contributed by atoms with Gasteiger partial charge in [-0.3, -0.25) is 4.79 Å². The van der Waals surface area contributed by atoms with Gasteiger partial charge in [-0.05, 0) is 6.92 Å². The van der Waals surface area contributed by atoms with E-state index in [9.17, 15) is 35.1 Å². The van der Waals surface area contributed by atoms with Gasteiger partial charge in [0.2, 0.25) is 6.29 Å². The molecular weight excluding hydrogens is 420 g/mol. The minimum atomic E-state index is -1.70. The van der Waals surface area contributed by atoms with Gasteiger partial charge < -0.3 is 49.2 Å². The van der Waals surface area contributed by atoms with Crippen LogP contribution in [0.1, 0.15) is 20.3 Å². The average molecular weight is 448 g/mol. The summed E-state index contributed by atoms with van der Waals surface area (Å²) < 4.78 is 26.8. The summed E-state index contributed by atoms with van der Waals surface area (Å²) in [6.45, 7) is 2.09. The second kappa shape index (κ2) is 8.98. The molecule has 31 heavy (non-hydrogen) atoms. The average Bonchev–Trinajstić information content (AvgIpc) is 2.98. The van der Waals surface area contributed by atoms with Crippen molar-refractivity contribution in [3.05, 3.63) is 11.8 Å². The van der Waals surface area contributed by atoms with Gasteiger partial charge in [0.05, 0.1) is 37.6 Å². The normalized spacial score (nSPS) is 44.6. The molecule has 2 heterocycles. The number of hydrogen-bond acceptors (Lipinski definition) is 12. The van der Waals surface area contributed by atoms with E-state index in [0.29, 0.717) is 0 Å². The summed E-state index contributed by atoms with van der Waals surface area (Å²) in [6, 6.07) is 0. The predicted molar refractivity (Wildman–Crippen MR) is 97.6 cm³/mol. The number of rotatable bonds is 5. The number of ether oxygens (including phenoxy) is 5. The lowest BCUT2D eigenvalue weighted by Crippen LogP contribution is -2.61. The first kappa shape index (κ1) is 23.9. The quantitative estimate of drug-likeness (QED) is 0.280. The van der Waals surface area contributed by atoms with E-state index in [1.165, 1.54) is 14.0 Å². The molecule has 1 saturated carbocycles. The highest BCUT2D eigenvalue weighted by atomic mass is 16.8. The third kappa shape index (κ3) is 4.29. The third-order valence-electron chi connectivity index (χ3n) is 6.02. The van der Waals surface area contributed by atoms with Crippen LogP contribution in [0.25, 0.3) is 0 Å². The van der Waals surface area contributed by atoms with Gasteiger partial charge in [0.15, 0.2) is 6.29 Å². The van der Waals surface area contributed by atoms with Gasteiger partial charge in [-0.1, -0.05) is 0 Å². The minimum absolute atomic E-state index is 0.0181. The molecular formula is C19H28O12. The Kier molecular flexibility index (Phi) is 6.91. The molecule has 3 rings (SSSR count). The van der Waals surface area contributed by atoms with Crippen LogP contribution in [0.2, 0.25) is 0 Å². The maximum absolute atomic E-state index is 12.2. The molecule has 3 aliphatic rings. The zero-order valence-corrected chi connectivity index (χ0v) is 17.3. The molecule has 10 atom stereocenters. The van der Waals surface area contributed by atoms with Crippen molar-refractivity contribution in [2.75, 3.05) is 13.7 Å². The third-order valence-corrected chi connectivity index (χ3v) is 6.02. The first-order valence-corrected chi connectivity index (χ1v) is 9.81. The molecule has 12 nitrogen and oxygen atoms in total. The van der Waals surface area contributed by atoms with Gasteiger partial charge in [-0.25, -0.2) is 4.79 Å². The highest BCUT2D eigenvalue weighted by molar-refractivity contribution is 5.89. The molecule has 176 valence electrons. The predicted octanol–water partition coefficient (Wildman–Crippen LogP) is -2.47. The van der Waals surface area contributed by atoms with Crippen LogP contribution in [0.5, 0.6) is 0 Å². The summed E-state index contributed by atoms with van der Waals surface area (Å²) in [7, 11) is 1.17. The van der Waals surface area contributed by atoms with Gasteiger partial charge in [0.1, 0.15) is 30.0 Å². The van der Waals surface area contributed by atoms with Crippen LogP contribution in [0, 0.1) is 11.8 Å². The van der Waals surface area contributed by atoms with Gasteiger partial charge in [0, 0.05) is 19.3 Å². The molecule has 0 unspecified atom stereocenters. The summed E-state index contributed by atoms with van der Waals surface area (Å²) in [5.41, 5.74) is -1.30. The number of fused-ring (bicyclic) bond motifs is 1. The van der Waals surface area contributed by atoms with Crippen molar-refractivity contribution in [3.8, 4) is 0 Å². The second-order valence-corrected chi connectivity index (χ2v) is 8.13.